The summed E-state index contributed by atoms with van der Waals surface area (Å²) in [7, 11) is -0.751. The summed E-state index contributed by atoms with van der Waals surface area (Å²) >= 11 is 0. The van der Waals surface area contributed by atoms with E-state index < -0.39 is 51.8 Å². The number of β-lactam (4-membered cyclic amide) rings is 1. The van der Waals surface area contributed by atoms with Crippen LogP contribution in [0.4, 0.5) is 4.39 Å². The average Bonchev–Trinajstić information content (AvgIpc) is 4.00. The molecule has 280 valence electrons. The number of benzene rings is 4. The van der Waals surface area contributed by atoms with Gasteiger partial charge >= 0.3 is 5.97 Å². The minimum absolute atomic E-state index is 0.0377. The number of amides is 1. The maximum atomic E-state index is 15.5. The van der Waals surface area contributed by atoms with E-state index in [1.54, 1.807) is 12.0 Å². The second-order valence-electron chi connectivity index (χ2n) is 15.4. The quantitative estimate of drug-likeness (QED) is 0.0450. The summed E-state index contributed by atoms with van der Waals surface area (Å²) in [5.74, 6) is -1.58. The standard InChI is InChI=1S/C43H51FNO6PSi/c1-30(51-53(6,7)43(2,3)4)38-39(36(27-44)37-29-49-37)45(40(38)46)41(42(47)50-28-31-23-25-32(48-5)26-24-31)52(33-17-11-8-12-18-33,34-19-13-9-14-20-34)35-21-15-10-16-22-35/h8-26,30,36-39H,27-29H2,1-7H3/t30-,36-,37+,38-,39-/m1/s1. The third kappa shape index (κ3) is 7.54. The van der Waals surface area contributed by atoms with Crippen LogP contribution >= 0.6 is 6.89 Å². The molecule has 1 amide bonds. The first-order chi connectivity index (χ1) is 25.3. The van der Waals surface area contributed by atoms with Gasteiger partial charge in [0, 0.05) is 12.8 Å². The number of likely N-dealkylation sites (tertiary alicyclic amines) is 1. The lowest BCUT2D eigenvalue weighted by atomic mass is 9.75. The van der Waals surface area contributed by atoms with Gasteiger partial charge in [-0.15, -0.1) is 0 Å². The van der Waals surface area contributed by atoms with Crippen LogP contribution in [0.1, 0.15) is 33.3 Å². The Balaban J connectivity index is 1.62. The molecule has 10 heteroatoms. The van der Waals surface area contributed by atoms with E-state index in [1.807, 2.05) is 122 Å². The summed E-state index contributed by atoms with van der Waals surface area (Å²) in [4.78, 5) is 32.0. The molecule has 0 radical (unpaired) electrons. The number of hydrogen-bond acceptors (Lipinski definition) is 6. The molecular formula is C43H51FNO6PSi. The van der Waals surface area contributed by atoms with Gasteiger partial charge in [0.05, 0.1) is 44.6 Å². The molecule has 2 saturated heterocycles. The van der Waals surface area contributed by atoms with Gasteiger partial charge < -0.3 is 23.5 Å². The van der Waals surface area contributed by atoms with Crippen molar-refractivity contribution < 1.29 is 32.6 Å². The van der Waals surface area contributed by atoms with Crippen LogP contribution in [0, 0.1) is 11.8 Å². The zero-order valence-corrected chi connectivity index (χ0v) is 33.6. The van der Waals surface area contributed by atoms with E-state index >= 15 is 14.0 Å². The van der Waals surface area contributed by atoms with Gasteiger partial charge in [-0.3, -0.25) is 9.18 Å². The molecule has 2 fully saturated rings. The maximum absolute atomic E-state index is 15.5. The molecule has 2 heterocycles. The fourth-order valence-corrected chi connectivity index (χ4v) is 13.1. The van der Waals surface area contributed by atoms with Crippen LogP contribution in [0.5, 0.6) is 5.75 Å². The van der Waals surface area contributed by atoms with Gasteiger partial charge in [0.25, 0.3) is 0 Å². The summed E-state index contributed by atoms with van der Waals surface area (Å²) in [6.07, 6.45) is -0.899. The molecule has 0 aromatic heterocycles. The smallest absolute Gasteiger partial charge is 0.356 e. The normalized spacial score (nSPS) is 19.9. The van der Waals surface area contributed by atoms with E-state index in [0.717, 1.165) is 21.5 Å². The first-order valence-corrected chi connectivity index (χ1v) is 23.0. The minimum atomic E-state index is -3.20. The molecule has 5 atom stereocenters. The molecule has 0 N–H and O–H groups in total. The number of methoxy groups -OCH3 is 1. The van der Waals surface area contributed by atoms with Crippen LogP contribution in [0.25, 0.3) is 0 Å². The summed E-state index contributed by atoms with van der Waals surface area (Å²) in [6, 6.07) is 36.2. The highest BCUT2D eigenvalue weighted by Gasteiger charge is 2.61. The average molecular weight is 756 g/mol. The fraction of sp³-hybridized carbons (Fsp3) is 0.372. The molecule has 2 aliphatic heterocycles. The largest absolute Gasteiger partial charge is 0.497 e. The third-order valence-electron chi connectivity index (χ3n) is 11.1. The monoisotopic (exact) mass is 755 g/mol. The Morgan fingerprint density at radius 2 is 1.38 bits per heavy atom. The van der Waals surface area contributed by atoms with Crippen molar-refractivity contribution >= 4 is 48.4 Å². The van der Waals surface area contributed by atoms with Crippen LogP contribution < -0.4 is 20.7 Å². The zero-order chi connectivity index (χ0) is 38.0. The Kier molecular flexibility index (Phi) is 11.5. The molecule has 0 bridgehead atoms. The summed E-state index contributed by atoms with van der Waals surface area (Å²) in [5, 5.41) is 2.50. The van der Waals surface area contributed by atoms with Crippen molar-refractivity contribution in [3.8, 4) is 5.75 Å². The number of alkyl halides is 1. The highest BCUT2D eigenvalue weighted by Crippen LogP contribution is 2.52. The van der Waals surface area contributed by atoms with Crippen molar-refractivity contribution in [2.45, 2.75) is 70.7 Å². The molecule has 6 rings (SSSR count). The molecule has 0 unspecified atom stereocenters. The van der Waals surface area contributed by atoms with Crippen LogP contribution in [0.2, 0.25) is 18.1 Å². The van der Waals surface area contributed by atoms with E-state index in [4.69, 9.17) is 18.6 Å². The lowest BCUT2D eigenvalue weighted by Crippen LogP contribution is -2.72. The number of nitrogens with zero attached hydrogens (tertiary/aromatic N) is 1. The fourth-order valence-electron chi connectivity index (χ4n) is 7.24. The predicted octanol–water partition coefficient (Wildman–Crippen LogP) is 7.08. The topological polar surface area (TPSA) is 77.6 Å². The molecule has 4 aromatic rings. The van der Waals surface area contributed by atoms with Crippen molar-refractivity contribution in [3.63, 3.8) is 0 Å². The number of halogens is 1. The second-order valence-corrected chi connectivity index (χ2v) is 23.5. The van der Waals surface area contributed by atoms with Crippen molar-refractivity contribution in [2.75, 3.05) is 20.4 Å². The first kappa shape index (κ1) is 38.7. The van der Waals surface area contributed by atoms with Gasteiger partial charge in [0.15, 0.2) is 8.32 Å². The van der Waals surface area contributed by atoms with Crippen molar-refractivity contribution in [1.82, 2.24) is 4.90 Å². The maximum Gasteiger partial charge on any atom is 0.356 e. The molecule has 0 saturated carbocycles. The molecule has 53 heavy (non-hydrogen) atoms. The number of esters is 1. The molecule has 2 aliphatic rings. The van der Waals surface area contributed by atoms with E-state index in [-0.39, 0.29) is 29.1 Å². The van der Waals surface area contributed by atoms with Crippen LogP contribution in [-0.4, -0.2) is 69.2 Å². The third-order valence-corrected chi connectivity index (χ3v) is 19.9. The van der Waals surface area contributed by atoms with E-state index in [9.17, 15) is 0 Å². The molecule has 7 nitrogen and oxygen atoms in total. The number of carbonyl (C=O) groups is 2. The second kappa shape index (κ2) is 15.8. The highest BCUT2D eigenvalue weighted by molar-refractivity contribution is 7.96. The molecular weight excluding hydrogens is 705 g/mol. The Bertz CT molecular complexity index is 1830. The first-order valence-electron chi connectivity index (χ1n) is 18.3. The highest BCUT2D eigenvalue weighted by atomic mass is 31.2. The van der Waals surface area contributed by atoms with Crippen LogP contribution in [0.15, 0.2) is 115 Å². The van der Waals surface area contributed by atoms with Crippen molar-refractivity contribution in [2.24, 2.45) is 11.8 Å². The Morgan fingerprint density at radius 1 is 0.887 bits per heavy atom. The van der Waals surface area contributed by atoms with Crippen molar-refractivity contribution in [1.29, 1.82) is 0 Å². The zero-order valence-electron chi connectivity index (χ0n) is 31.7. The molecule has 4 aromatic carbocycles. The van der Waals surface area contributed by atoms with Gasteiger partial charge in [-0.1, -0.05) is 124 Å². The van der Waals surface area contributed by atoms with Gasteiger partial charge in [-0.2, -0.15) is 0 Å². The van der Waals surface area contributed by atoms with E-state index in [2.05, 4.69) is 33.9 Å². The molecule has 0 aliphatic carbocycles. The summed E-state index contributed by atoms with van der Waals surface area (Å²) in [6.45, 7) is 9.14. The predicted molar refractivity (Wildman–Crippen MR) is 214 cm³/mol. The van der Waals surface area contributed by atoms with Crippen LogP contribution in [-0.2, 0) is 30.1 Å². The number of ether oxygens (including phenoxy) is 3. The van der Waals surface area contributed by atoms with Gasteiger partial charge in [0.2, 0.25) is 5.91 Å². The van der Waals surface area contributed by atoms with Gasteiger partial charge in [-0.25, -0.2) is 4.79 Å². The van der Waals surface area contributed by atoms with E-state index in [0.29, 0.717) is 12.4 Å². The van der Waals surface area contributed by atoms with E-state index in [1.165, 1.54) is 0 Å². The Labute approximate surface area is 314 Å². The number of hydrogen-bond donors (Lipinski definition) is 0. The Hall–Kier alpha value is -4.01. The SMILES string of the molecule is COc1ccc(COC(=O)C(N2C(=O)[C@H]([C@@H](C)O[Si](C)(C)C(C)(C)C)[C@H]2[C@H](CF)[C@@H]2CO2)=P(c2ccccc2)(c2ccccc2)c2ccccc2)cc1. The lowest BCUT2D eigenvalue weighted by molar-refractivity contribution is -0.161. The van der Waals surface area contributed by atoms with Crippen LogP contribution in [0.3, 0.4) is 0 Å². The summed E-state index contributed by atoms with van der Waals surface area (Å²) < 4.78 is 39.7. The molecule has 0 spiro atoms. The summed E-state index contributed by atoms with van der Waals surface area (Å²) in [5.41, 5.74) is 0.981. The van der Waals surface area contributed by atoms with Gasteiger partial charge in [0.1, 0.15) is 17.8 Å². The number of carbonyl (C=O) groups excluding carboxylic acids is 2. The van der Waals surface area contributed by atoms with Crippen molar-refractivity contribution in [3.05, 3.63) is 121 Å². The van der Waals surface area contributed by atoms with Gasteiger partial charge in [-0.05, 0) is 58.7 Å². The number of rotatable bonds is 14. The number of epoxide rings is 1. The Morgan fingerprint density at radius 3 is 1.79 bits per heavy atom. The minimum Gasteiger partial charge on any atom is -0.497 e. The lowest BCUT2D eigenvalue weighted by Gasteiger charge is -2.54.